The molecule has 0 radical (unpaired) electrons. The molecule has 0 saturated heterocycles. The molecule has 2 aromatic rings. The van der Waals surface area contributed by atoms with E-state index in [0.717, 1.165) is 11.4 Å². The lowest BCUT2D eigenvalue weighted by molar-refractivity contribution is -0.885. The van der Waals surface area contributed by atoms with E-state index in [2.05, 4.69) is 37.4 Å². The summed E-state index contributed by atoms with van der Waals surface area (Å²) < 4.78 is 0. The lowest BCUT2D eigenvalue weighted by atomic mass is 10.1. The number of benzene rings is 2. The van der Waals surface area contributed by atoms with Crippen LogP contribution in [0.15, 0.2) is 36.4 Å². The summed E-state index contributed by atoms with van der Waals surface area (Å²) in [4.78, 5) is 27.2. The highest BCUT2D eigenvalue weighted by molar-refractivity contribution is 6.39. The van der Waals surface area contributed by atoms with Gasteiger partial charge in [-0.1, -0.05) is 53.0 Å². The molecule has 28 heavy (non-hydrogen) atoms. The van der Waals surface area contributed by atoms with E-state index >= 15 is 0 Å². The number of para-hydroxylation sites is 1. The van der Waals surface area contributed by atoms with Gasteiger partial charge in [-0.25, -0.2) is 0 Å². The van der Waals surface area contributed by atoms with E-state index < -0.39 is 0 Å². The van der Waals surface area contributed by atoms with Gasteiger partial charge in [-0.2, -0.15) is 0 Å². The zero-order valence-electron chi connectivity index (χ0n) is 16.6. The van der Waals surface area contributed by atoms with Crippen LogP contribution in [-0.4, -0.2) is 43.9 Å². The fraction of sp³-hybridized carbons (Fsp3) is 0.333. The Morgan fingerprint density at radius 2 is 1.75 bits per heavy atom. The molecule has 2 rings (SSSR count). The number of carbonyl (C=O) groups excluding carboxylic acids is 2. The SMILES string of the molecule is Cc1ccc(C[NH+](C)CC(=O)N(C)CC(=O)Nc2c(Cl)cccc2Cl)c(C)c1. The third-order valence-electron chi connectivity index (χ3n) is 4.48. The third kappa shape index (κ3) is 6.23. The van der Waals surface area contributed by atoms with Crippen molar-refractivity contribution in [2.24, 2.45) is 0 Å². The molecule has 0 aliphatic rings. The highest BCUT2D eigenvalue weighted by Crippen LogP contribution is 2.29. The van der Waals surface area contributed by atoms with Gasteiger partial charge < -0.3 is 15.1 Å². The van der Waals surface area contributed by atoms with E-state index in [4.69, 9.17) is 23.2 Å². The van der Waals surface area contributed by atoms with Crippen LogP contribution in [0.2, 0.25) is 10.0 Å². The summed E-state index contributed by atoms with van der Waals surface area (Å²) in [7, 11) is 3.58. The van der Waals surface area contributed by atoms with Gasteiger partial charge in [-0.05, 0) is 31.5 Å². The standard InChI is InChI=1S/C21H25Cl2N3O2/c1-14-8-9-16(15(2)10-14)11-25(3)13-20(28)26(4)12-19(27)24-21-17(22)6-5-7-18(21)23/h5-10H,11-13H2,1-4H3,(H,24,27)/p+1. The quantitative estimate of drug-likeness (QED) is 0.720. The van der Waals surface area contributed by atoms with Crippen LogP contribution < -0.4 is 10.2 Å². The summed E-state index contributed by atoms with van der Waals surface area (Å²) in [6.45, 7) is 5.11. The zero-order chi connectivity index (χ0) is 20.8. The van der Waals surface area contributed by atoms with Crippen LogP contribution in [0.25, 0.3) is 0 Å². The molecule has 0 aliphatic heterocycles. The van der Waals surface area contributed by atoms with Gasteiger partial charge in [0, 0.05) is 12.6 Å². The Morgan fingerprint density at radius 1 is 1.11 bits per heavy atom. The monoisotopic (exact) mass is 422 g/mol. The Labute approximate surface area is 176 Å². The summed E-state index contributed by atoms with van der Waals surface area (Å²) in [5.74, 6) is -0.458. The third-order valence-corrected chi connectivity index (χ3v) is 5.11. The minimum Gasteiger partial charge on any atom is -0.332 e. The van der Waals surface area contributed by atoms with E-state index in [0.29, 0.717) is 22.3 Å². The number of nitrogens with zero attached hydrogens (tertiary/aromatic N) is 1. The predicted octanol–water partition coefficient (Wildman–Crippen LogP) is 2.72. The van der Waals surface area contributed by atoms with E-state index in [-0.39, 0.29) is 18.4 Å². The predicted molar refractivity (Wildman–Crippen MR) is 114 cm³/mol. The molecule has 0 fully saturated rings. The number of rotatable bonds is 7. The zero-order valence-corrected chi connectivity index (χ0v) is 18.1. The molecule has 0 aromatic heterocycles. The van der Waals surface area contributed by atoms with Crippen LogP contribution in [0.3, 0.4) is 0 Å². The van der Waals surface area contributed by atoms with Crippen molar-refractivity contribution in [3.63, 3.8) is 0 Å². The van der Waals surface area contributed by atoms with Crippen LogP contribution in [0, 0.1) is 13.8 Å². The average molecular weight is 423 g/mol. The fourth-order valence-corrected chi connectivity index (χ4v) is 3.42. The summed E-state index contributed by atoms with van der Waals surface area (Å²) in [5, 5.41) is 3.37. The normalized spacial score (nSPS) is 11.8. The lowest BCUT2D eigenvalue weighted by Crippen LogP contribution is -3.08. The minimum absolute atomic E-state index is 0.0722. The number of hydrogen-bond donors (Lipinski definition) is 2. The summed E-state index contributed by atoms with van der Waals surface area (Å²) >= 11 is 12.1. The van der Waals surface area contributed by atoms with E-state index in [1.807, 2.05) is 7.05 Å². The van der Waals surface area contributed by atoms with Gasteiger partial charge in [-0.15, -0.1) is 0 Å². The molecular weight excluding hydrogens is 397 g/mol. The number of halogens is 2. The summed E-state index contributed by atoms with van der Waals surface area (Å²) in [6.07, 6.45) is 0. The van der Waals surface area contributed by atoms with Crippen molar-refractivity contribution in [3.05, 3.63) is 63.1 Å². The van der Waals surface area contributed by atoms with Crippen LogP contribution in [-0.2, 0) is 16.1 Å². The van der Waals surface area contributed by atoms with Crippen molar-refractivity contribution >= 4 is 40.7 Å². The summed E-state index contributed by atoms with van der Waals surface area (Å²) in [6, 6.07) is 11.3. The highest BCUT2D eigenvalue weighted by atomic mass is 35.5. The topological polar surface area (TPSA) is 53.9 Å². The molecular formula is C21H26Cl2N3O2+. The van der Waals surface area contributed by atoms with Gasteiger partial charge in [0.25, 0.3) is 5.91 Å². The van der Waals surface area contributed by atoms with Gasteiger partial charge in [0.05, 0.1) is 29.3 Å². The molecule has 7 heteroatoms. The van der Waals surface area contributed by atoms with Crippen molar-refractivity contribution < 1.29 is 14.5 Å². The Balaban J connectivity index is 1.88. The maximum atomic E-state index is 12.5. The van der Waals surface area contributed by atoms with Crippen LogP contribution >= 0.6 is 23.2 Å². The Hall–Kier alpha value is -2.08. The van der Waals surface area contributed by atoms with Gasteiger partial charge in [-0.3, -0.25) is 9.59 Å². The van der Waals surface area contributed by atoms with Gasteiger partial charge in [0.2, 0.25) is 5.91 Å². The molecule has 0 bridgehead atoms. The average Bonchev–Trinajstić information content (AvgIpc) is 2.60. The first-order chi connectivity index (χ1) is 13.2. The van der Waals surface area contributed by atoms with Crippen LogP contribution in [0.5, 0.6) is 0 Å². The van der Waals surface area contributed by atoms with E-state index in [9.17, 15) is 9.59 Å². The highest BCUT2D eigenvalue weighted by Gasteiger charge is 2.19. The fourth-order valence-electron chi connectivity index (χ4n) is 2.92. The number of nitrogens with one attached hydrogen (secondary N) is 2. The van der Waals surface area contributed by atoms with Gasteiger partial charge >= 0.3 is 0 Å². The first-order valence-corrected chi connectivity index (χ1v) is 9.78. The number of carbonyl (C=O) groups is 2. The minimum atomic E-state index is -0.349. The van der Waals surface area contributed by atoms with Gasteiger partial charge in [0.1, 0.15) is 6.54 Å². The number of aryl methyl sites for hydroxylation is 2. The Morgan fingerprint density at radius 3 is 2.36 bits per heavy atom. The molecule has 0 saturated carbocycles. The van der Waals surface area contributed by atoms with Crippen molar-refractivity contribution in [3.8, 4) is 0 Å². The first-order valence-electron chi connectivity index (χ1n) is 9.02. The second-order valence-electron chi connectivity index (χ2n) is 7.14. The largest absolute Gasteiger partial charge is 0.332 e. The number of likely N-dealkylation sites (N-methyl/N-ethyl adjacent to an activating group) is 2. The van der Waals surface area contributed by atoms with Crippen molar-refractivity contribution in [1.29, 1.82) is 0 Å². The molecule has 0 spiro atoms. The molecule has 0 aliphatic carbocycles. The second kappa shape index (κ2) is 9.92. The molecule has 2 aromatic carbocycles. The molecule has 150 valence electrons. The Kier molecular flexibility index (Phi) is 7.87. The summed E-state index contributed by atoms with van der Waals surface area (Å²) in [5.41, 5.74) is 4.01. The van der Waals surface area contributed by atoms with E-state index in [1.165, 1.54) is 21.6 Å². The first kappa shape index (κ1) is 22.2. The number of anilines is 1. The van der Waals surface area contributed by atoms with E-state index in [1.54, 1.807) is 25.2 Å². The molecule has 1 atom stereocenters. The second-order valence-corrected chi connectivity index (χ2v) is 7.95. The van der Waals surface area contributed by atoms with Crippen LogP contribution in [0.1, 0.15) is 16.7 Å². The van der Waals surface area contributed by atoms with Gasteiger partial charge in [0.15, 0.2) is 6.54 Å². The number of quaternary nitrogens is 1. The molecule has 5 nitrogen and oxygen atoms in total. The smallest absolute Gasteiger partial charge is 0.277 e. The van der Waals surface area contributed by atoms with Crippen molar-refractivity contribution in [2.45, 2.75) is 20.4 Å². The molecule has 2 amide bonds. The molecule has 2 N–H and O–H groups in total. The van der Waals surface area contributed by atoms with Crippen molar-refractivity contribution in [1.82, 2.24) is 4.90 Å². The maximum Gasteiger partial charge on any atom is 0.277 e. The number of hydrogen-bond acceptors (Lipinski definition) is 2. The van der Waals surface area contributed by atoms with Crippen molar-refractivity contribution in [2.75, 3.05) is 32.5 Å². The Bertz CT molecular complexity index is 850. The van der Waals surface area contributed by atoms with Crippen LogP contribution in [0.4, 0.5) is 5.69 Å². The maximum absolute atomic E-state index is 12.5. The molecule has 1 unspecified atom stereocenters. The lowest BCUT2D eigenvalue weighted by Gasteiger charge is -2.20. The molecule has 0 heterocycles. The number of amides is 2.